The highest BCUT2D eigenvalue weighted by atomic mass is 16.5. The topological polar surface area (TPSA) is 77.2 Å². The van der Waals surface area contributed by atoms with Crippen LogP contribution in [0.3, 0.4) is 0 Å². The van der Waals surface area contributed by atoms with Gasteiger partial charge in [-0.2, -0.15) is 0 Å². The molecule has 0 spiro atoms. The molecule has 0 amide bonds. The SMILES string of the molecule is CCC(O)c1ccccc1-n1cnc(C(=O)OC)n1. The highest BCUT2D eigenvalue weighted by Gasteiger charge is 2.15. The van der Waals surface area contributed by atoms with Crippen LogP contribution in [-0.2, 0) is 4.74 Å². The molecule has 1 heterocycles. The molecule has 1 atom stereocenters. The number of aliphatic hydroxyl groups excluding tert-OH is 1. The Balaban J connectivity index is 2.42. The molecule has 1 unspecified atom stereocenters. The Bertz CT molecular complexity index is 580. The molecule has 1 aromatic heterocycles. The number of hydrogen-bond donors (Lipinski definition) is 1. The lowest BCUT2D eigenvalue weighted by molar-refractivity contribution is 0.0587. The third kappa shape index (κ3) is 2.63. The van der Waals surface area contributed by atoms with Crippen molar-refractivity contribution in [2.75, 3.05) is 7.11 Å². The summed E-state index contributed by atoms with van der Waals surface area (Å²) in [7, 11) is 1.28. The van der Waals surface area contributed by atoms with E-state index >= 15 is 0 Å². The first-order valence-electron chi connectivity index (χ1n) is 5.94. The van der Waals surface area contributed by atoms with Crippen molar-refractivity contribution in [1.29, 1.82) is 0 Å². The number of benzene rings is 1. The van der Waals surface area contributed by atoms with Gasteiger partial charge < -0.3 is 9.84 Å². The van der Waals surface area contributed by atoms with Crippen molar-refractivity contribution >= 4 is 5.97 Å². The molecule has 19 heavy (non-hydrogen) atoms. The molecule has 100 valence electrons. The molecular formula is C13H15N3O3. The summed E-state index contributed by atoms with van der Waals surface area (Å²) in [6.07, 6.45) is 1.44. The summed E-state index contributed by atoms with van der Waals surface area (Å²) in [6.45, 7) is 1.89. The van der Waals surface area contributed by atoms with Crippen LogP contribution in [0.5, 0.6) is 0 Å². The van der Waals surface area contributed by atoms with Crippen LogP contribution in [0.1, 0.15) is 35.6 Å². The second-order valence-corrected chi connectivity index (χ2v) is 3.99. The summed E-state index contributed by atoms with van der Waals surface area (Å²) >= 11 is 0. The Kier molecular flexibility index (Phi) is 3.91. The normalized spacial score (nSPS) is 12.2. The average molecular weight is 261 g/mol. The number of para-hydroxylation sites is 1. The first-order chi connectivity index (χ1) is 9.17. The van der Waals surface area contributed by atoms with Gasteiger partial charge in [-0.05, 0) is 12.5 Å². The van der Waals surface area contributed by atoms with E-state index in [1.54, 1.807) is 0 Å². The van der Waals surface area contributed by atoms with Crippen molar-refractivity contribution in [1.82, 2.24) is 14.8 Å². The van der Waals surface area contributed by atoms with E-state index in [-0.39, 0.29) is 5.82 Å². The number of methoxy groups -OCH3 is 1. The lowest BCUT2D eigenvalue weighted by Gasteiger charge is -2.13. The quantitative estimate of drug-likeness (QED) is 0.844. The molecule has 0 saturated heterocycles. The Morgan fingerprint density at radius 3 is 2.89 bits per heavy atom. The molecule has 0 aliphatic heterocycles. The Morgan fingerprint density at radius 1 is 1.47 bits per heavy atom. The van der Waals surface area contributed by atoms with E-state index in [9.17, 15) is 9.90 Å². The maximum Gasteiger partial charge on any atom is 0.377 e. The van der Waals surface area contributed by atoms with E-state index in [4.69, 9.17) is 0 Å². The molecule has 0 bridgehead atoms. The number of hydrogen-bond acceptors (Lipinski definition) is 5. The summed E-state index contributed by atoms with van der Waals surface area (Å²) in [4.78, 5) is 15.2. The van der Waals surface area contributed by atoms with Crippen molar-refractivity contribution in [3.05, 3.63) is 42.0 Å². The molecule has 0 aliphatic carbocycles. The summed E-state index contributed by atoms with van der Waals surface area (Å²) in [5.74, 6) is -0.601. The number of ether oxygens (including phenoxy) is 1. The van der Waals surface area contributed by atoms with Crippen LogP contribution in [-0.4, -0.2) is 33.0 Å². The number of rotatable bonds is 4. The van der Waals surface area contributed by atoms with Crippen LogP contribution >= 0.6 is 0 Å². The lowest BCUT2D eigenvalue weighted by atomic mass is 10.1. The molecule has 1 aromatic carbocycles. The van der Waals surface area contributed by atoms with E-state index in [2.05, 4.69) is 14.8 Å². The van der Waals surface area contributed by atoms with Crippen molar-refractivity contribution in [3.8, 4) is 5.69 Å². The molecule has 0 radical (unpaired) electrons. The summed E-state index contributed by atoms with van der Waals surface area (Å²) in [6, 6.07) is 7.31. The van der Waals surface area contributed by atoms with E-state index in [1.807, 2.05) is 31.2 Å². The smallest absolute Gasteiger partial charge is 0.377 e. The minimum Gasteiger partial charge on any atom is -0.463 e. The van der Waals surface area contributed by atoms with Gasteiger partial charge in [-0.25, -0.2) is 14.5 Å². The number of aliphatic hydroxyl groups is 1. The van der Waals surface area contributed by atoms with Gasteiger partial charge in [0.05, 0.1) is 18.9 Å². The minimum atomic E-state index is -0.590. The second kappa shape index (κ2) is 5.62. The third-order valence-corrected chi connectivity index (χ3v) is 2.79. The van der Waals surface area contributed by atoms with E-state index in [0.717, 1.165) is 5.56 Å². The zero-order valence-corrected chi connectivity index (χ0v) is 10.8. The van der Waals surface area contributed by atoms with Crippen LogP contribution in [0.15, 0.2) is 30.6 Å². The van der Waals surface area contributed by atoms with Gasteiger partial charge in [0.25, 0.3) is 5.82 Å². The van der Waals surface area contributed by atoms with E-state index in [1.165, 1.54) is 18.1 Å². The van der Waals surface area contributed by atoms with Gasteiger partial charge in [-0.1, -0.05) is 25.1 Å². The largest absolute Gasteiger partial charge is 0.463 e. The fourth-order valence-electron chi connectivity index (χ4n) is 1.76. The number of carbonyl (C=O) groups excluding carboxylic acids is 1. The van der Waals surface area contributed by atoms with Gasteiger partial charge in [0.1, 0.15) is 6.33 Å². The molecule has 1 N–H and O–H groups in total. The number of esters is 1. The minimum absolute atomic E-state index is 0.0108. The second-order valence-electron chi connectivity index (χ2n) is 3.99. The van der Waals surface area contributed by atoms with Gasteiger partial charge in [0.2, 0.25) is 0 Å². The van der Waals surface area contributed by atoms with Gasteiger partial charge in [0, 0.05) is 5.56 Å². The van der Waals surface area contributed by atoms with Gasteiger partial charge in [0.15, 0.2) is 0 Å². The van der Waals surface area contributed by atoms with Crippen molar-refractivity contribution in [3.63, 3.8) is 0 Å². The molecule has 6 nitrogen and oxygen atoms in total. The zero-order chi connectivity index (χ0) is 13.8. The molecule has 6 heteroatoms. The third-order valence-electron chi connectivity index (χ3n) is 2.79. The van der Waals surface area contributed by atoms with E-state index in [0.29, 0.717) is 12.1 Å². The maximum atomic E-state index is 11.3. The van der Waals surface area contributed by atoms with Crippen molar-refractivity contribution < 1.29 is 14.6 Å². The Labute approximate surface area is 110 Å². The first kappa shape index (κ1) is 13.2. The summed E-state index contributed by atoms with van der Waals surface area (Å²) in [5.41, 5.74) is 1.44. The Morgan fingerprint density at radius 2 is 2.21 bits per heavy atom. The number of carbonyl (C=O) groups is 1. The Hall–Kier alpha value is -2.21. The lowest BCUT2D eigenvalue weighted by Crippen LogP contribution is -2.07. The fourth-order valence-corrected chi connectivity index (χ4v) is 1.76. The molecule has 0 saturated carbocycles. The van der Waals surface area contributed by atoms with Gasteiger partial charge in [-0.15, -0.1) is 5.10 Å². The number of aromatic nitrogens is 3. The van der Waals surface area contributed by atoms with Crippen LogP contribution in [0.25, 0.3) is 5.69 Å². The molecule has 0 aliphatic rings. The number of nitrogens with zero attached hydrogens (tertiary/aromatic N) is 3. The molecular weight excluding hydrogens is 246 g/mol. The van der Waals surface area contributed by atoms with Gasteiger partial charge >= 0.3 is 5.97 Å². The van der Waals surface area contributed by atoms with Crippen molar-refractivity contribution in [2.24, 2.45) is 0 Å². The zero-order valence-electron chi connectivity index (χ0n) is 10.8. The van der Waals surface area contributed by atoms with Gasteiger partial charge in [-0.3, -0.25) is 0 Å². The first-order valence-corrected chi connectivity index (χ1v) is 5.94. The highest BCUT2D eigenvalue weighted by molar-refractivity contribution is 5.84. The van der Waals surface area contributed by atoms with Crippen LogP contribution in [0, 0.1) is 0 Å². The maximum absolute atomic E-state index is 11.3. The molecule has 0 fully saturated rings. The monoisotopic (exact) mass is 261 g/mol. The summed E-state index contributed by atoms with van der Waals surface area (Å²) in [5, 5.41) is 14.0. The highest BCUT2D eigenvalue weighted by Crippen LogP contribution is 2.23. The average Bonchev–Trinajstić information content (AvgIpc) is 2.95. The van der Waals surface area contributed by atoms with Crippen LogP contribution < -0.4 is 0 Å². The molecule has 2 rings (SSSR count). The molecule has 2 aromatic rings. The predicted molar refractivity (Wildman–Crippen MR) is 67.9 cm³/mol. The summed E-state index contributed by atoms with van der Waals surface area (Å²) < 4.78 is 6.02. The van der Waals surface area contributed by atoms with E-state index < -0.39 is 12.1 Å². The predicted octanol–water partition coefficient (Wildman–Crippen LogP) is 1.50. The van der Waals surface area contributed by atoms with Crippen molar-refractivity contribution in [2.45, 2.75) is 19.4 Å². The standard InChI is InChI=1S/C13H15N3O3/c1-3-11(17)9-6-4-5-7-10(9)16-8-14-12(15-16)13(18)19-2/h4-8,11,17H,3H2,1-2H3. The van der Waals surface area contributed by atoms with Crippen LogP contribution in [0.4, 0.5) is 0 Å². The fraction of sp³-hybridized carbons (Fsp3) is 0.308. The van der Waals surface area contributed by atoms with Crippen LogP contribution in [0.2, 0.25) is 0 Å².